The van der Waals surface area contributed by atoms with Gasteiger partial charge in [-0.3, -0.25) is 14.3 Å². The van der Waals surface area contributed by atoms with E-state index in [1.54, 1.807) is 11.8 Å². The van der Waals surface area contributed by atoms with E-state index in [2.05, 4.69) is 4.90 Å². The molecule has 1 aliphatic heterocycles. The topological polar surface area (TPSA) is 97.8 Å². The number of hydrogen-bond donors (Lipinski definition) is 1. The van der Waals surface area contributed by atoms with E-state index < -0.39 is 35.0 Å². The predicted molar refractivity (Wildman–Crippen MR) is 172 cm³/mol. The number of anilines is 1. The minimum absolute atomic E-state index is 0.0758. The summed E-state index contributed by atoms with van der Waals surface area (Å²) in [6.45, 7) is 2.50. The van der Waals surface area contributed by atoms with Crippen LogP contribution < -0.4 is 15.1 Å². The Balaban J connectivity index is 1.16. The second kappa shape index (κ2) is 11.8. The zero-order chi connectivity index (χ0) is 32.1. The summed E-state index contributed by atoms with van der Waals surface area (Å²) < 4.78 is 40.9. The van der Waals surface area contributed by atoms with Crippen molar-refractivity contribution in [1.29, 1.82) is 0 Å². The molecule has 46 heavy (non-hydrogen) atoms. The van der Waals surface area contributed by atoms with E-state index in [4.69, 9.17) is 22.1 Å². The van der Waals surface area contributed by atoms with Gasteiger partial charge in [0.25, 0.3) is 0 Å². The SMILES string of the molecule is COc1ccccc1-c1nn(CN2CCN(c3cc4c(cc3F)c(=O)c(C(=O)O)cn4[C@@H]3C[C@@H]3F)CC2)c(=S)n1-c1ccccc1. The highest BCUT2D eigenvalue weighted by Crippen LogP contribution is 2.41. The number of carboxylic acids is 1. The van der Waals surface area contributed by atoms with Crippen LogP contribution in [0.3, 0.4) is 0 Å². The van der Waals surface area contributed by atoms with Crippen molar-refractivity contribution in [3.8, 4) is 22.8 Å². The number of carboxylic acid groups (broad SMARTS) is 1. The molecule has 2 atom stereocenters. The van der Waals surface area contributed by atoms with Gasteiger partial charge in [-0.25, -0.2) is 18.3 Å². The first-order chi connectivity index (χ1) is 22.2. The minimum Gasteiger partial charge on any atom is -0.496 e. The van der Waals surface area contributed by atoms with E-state index in [9.17, 15) is 19.1 Å². The van der Waals surface area contributed by atoms with Crippen molar-refractivity contribution in [3.05, 3.63) is 99.3 Å². The molecule has 1 aliphatic carbocycles. The van der Waals surface area contributed by atoms with E-state index in [1.165, 1.54) is 16.8 Å². The van der Waals surface area contributed by atoms with Crippen LogP contribution in [-0.2, 0) is 6.67 Å². The van der Waals surface area contributed by atoms with Crippen molar-refractivity contribution in [2.45, 2.75) is 25.3 Å². The zero-order valence-electron chi connectivity index (χ0n) is 24.8. The lowest BCUT2D eigenvalue weighted by Gasteiger charge is -2.36. The fraction of sp³-hybridized carbons (Fsp3) is 0.273. The molecule has 5 aromatic rings. The summed E-state index contributed by atoms with van der Waals surface area (Å²) >= 11 is 5.93. The number of fused-ring (bicyclic) bond motifs is 1. The number of hydrogen-bond acceptors (Lipinski definition) is 7. The molecule has 0 radical (unpaired) electrons. The van der Waals surface area contributed by atoms with Crippen LogP contribution in [0.1, 0.15) is 22.8 Å². The summed E-state index contributed by atoms with van der Waals surface area (Å²) in [4.78, 5) is 28.6. The fourth-order valence-electron chi connectivity index (χ4n) is 6.10. The highest BCUT2D eigenvalue weighted by atomic mass is 32.1. The van der Waals surface area contributed by atoms with Crippen molar-refractivity contribution in [1.82, 2.24) is 23.8 Å². The monoisotopic (exact) mass is 644 g/mol. The number of aromatic carboxylic acids is 1. The van der Waals surface area contributed by atoms with Gasteiger partial charge in [0, 0.05) is 49.9 Å². The Morgan fingerprint density at radius 2 is 1.76 bits per heavy atom. The third-order valence-electron chi connectivity index (χ3n) is 8.62. The molecule has 1 saturated heterocycles. The molecule has 10 nitrogen and oxygen atoms in total. The Bertz CT molecular complexity index is 2090. The van der Waals surface area contributed by atoms with Gasteiger partial charge < -0.3 is 19.3 Å². The molecule has 1 saturated carbocycles. The molecule has 0 amide bonds. The number of methoxy groups -OCH3 is 1. The average Bonchev–Trinajstić information content (AvgIpc) is 3.71. The molecule has 0 unspecified atom stereocenters. The lowest BCUT2D eigenvalue weighted by Crippen LogP contribution is -2.47. The first kappa shape index (κ1) is 29.8. The van der Waals surface area contributed by atoms with Crippen molar-refractivity contribution >= 4 is 34.8 Å². The van der Waals surface area contributed by atoms with Gasteiger partial charge in [-0.1, -0.05) is 30.3 Å². The molecule has 3 heterocycles. The minimum atomic E-state index is -1.43. The summed E-state index contributed by atoms with van der Waals surface area (Å²) in [7, 11) is 1.62. The molecule has 0 spiro atoms. The Kier molecular flexibility index (Phi) is 7.65. The summed E-state index contributed by atoms with van der Waals surface area (Å²) in [5.74, 6) is -0.744. The third-order valence-corrected chi connectivity index (χ3v) is 9.01. The maximum absolute atomic E-state index is 15.5. The normalized spacial score (nSPS) is 18.2. The number of piperazine rings is 1. The number of pyridine rings is 1. The summed E-state index contributed by atoms with van der Waals surface area (Å²) in [5, 5.41) is 14.4. The Morgan fingerprint density at radius 1 is 1.07 bits per heavy atom. The van der Waals surface area contributed by atoms with Crippen LogP contribution in [0.4, 0.5) is 14.5 Å². The molecule has 3 aromatic carbocycles. The van der Waals surface area contributed by atoms with E-state index in [-0.39, 0.29) is 17.5 Å². The Morgan fingerprint density at radius 3 is 2.43 bits per heavy atom. The maximum atomic E-state index is 15.5. The van der Waals surface area contributed by atoms with E-state index in [1.807, 2.05) is 64.1 Å². The average molecular weight is 645 g/mol. The lowest BCUT2D eigenvalue weighted by atomic mass is 10.1. The van der Waals surface area contributed by atoms with Crippen LogP contribution in [0.15, 0.2) is 77.7 Å². The number of ether oxygens (including phenoxy) is 1. The molecule has 2 fully saturated rings. The standard InChI is InChI=1S/C33H30F2N6O4S/c1-45-29-10-6-5-9-21(29)31-36-40(33(46)41(31)20-7-3-2-4-8-20)19-37-11-13-38(14-12-37)27-17-26-22(15-24(27)34)30(42)23(32(43)44)18-39(26)28-16-25(28)35/h2-10,15,17-18,25,28H,11-14,16,19H2,1H3,(H,43,44)/t25-,28+/m0/s1. The summed E-state index contributed by atoms with van der Waals surface area (Å²) in [5.41, 5.74) is 0.979. The highest BCUT2D eigenvalue weighted by Gasteiger charge is 2.40. The molecule has 2 aromatic heterocycles. The number of para-hydroxylation sites is 2. The number of alkyl halides is 1. The first-order valence-electron chi connectivity index (χ1n) is 14.9. The van der Waals surface area contributed by atoms with E-state index in [0.29, 0.717) is 54.7 Å². The molecule has 2 aliphatic rings. The number of halogens is 2. The summed E-state index contributed by atoms with van der Waals surface area (Å²) in [6.07, 6.45) is 0.239. The van der Waals surface area contributed by atoms with Crippen LogP contribution in [0.2, 0.25) is 0 Å². The van der Waals surface area contributed by atoms with Gasteiger partial charge in [0.1, 0.15) is 23.3 Å². The van der Waals surface area contributed by atoms with Gasteiger partial charge >= 0.3 is 5.97 Å². The molecule has 0 bridgehead atoms. The van der Waals surface area contributed by atoms with Crippen LogP contribution in [0.5, 0.6) is 5.75 Å². The largest absolute Gasteiger partial charge is 0.496 e. The van der Waals surface area contributed by atoms with Crippen LogP contribution in [0, 0.1) is 10.6 Å². The smallest absolute Gasteiger partial charge is 0.341 e. The molecular weight excluding hydrogens is 614 g/mol. The number of rotatable bonds is 8. The first-order valence-corrected chi connectivity index (χ1v) is 15.3. The number of nitrogens with zero attached hydrogens (tertiary/aromatic N) is 6. The van der Waals surface area contributed by atoms with Crippen LogP contribution >= 0.6 is 12.2 Å². The van der Waals surface area contributed by atoms with Gasteiger partial charge in [0.15, 0.2) is 5.82 Å². The third kappa shape index (κ3) is 5.24. The second-order valence-electron chi connectivity index (χ2n) is 11.4. The highest BCUT2D eigenvalue weighted by molar-refractivity contribution is 7.71. The molecular formula is C33H30F2N6O4S. The maximum Gasteiger partial charge on any atom is 0.341 e. The van der Waals surface area contributed by atoms with Crippen LogP contribution in [-0.4, -0.2) is 74.4 Å². The second-order valence-corrected chi connectivity index (χ2v) is 11.8. The summed E-state index contributed by atoms with van der Waals surface area (Å²) in [6, 6.07) is 19.4. The molecule has 236 valence electrons. The lowest BCUT2D eigenvalue weighted by molar-refractivity contribution is 0.0694. The van der Waals surface area contributed by atoms with Crippen molar-refractivity contribution in [3.63, 3.8) is 0 Å². The van der Waals surface area contributed by atoms with E-state index in [0.717, 1.165) is 17.3 Å². The fourth-order valence-corrected chi connectivity index (χ4v) is 6.39. The number of carbonyl (C=O) groups is 1. The molecule has 1 N–H and O–H groups in total. The quantitative estimate of drug-likeness (QED) is 0.228. The van der Waals surface area contributed by atoms with Gasteiger partial charge in [-0.05, 0) is 48.6 Å². The Hall–Kier alpha value is -4.88. The van der Waals surface area contributed by atoms with Gasteiger partial charge in [-0.2, -0.15) is 0 Å². The number of aromatic nitrogens is 4. The van der Waals surface area contributed by atoms with Crippen molar-refractivity contribution < 1.29 is 23.4 Å². The Labute approximate surface area is 267 Å². The molecule has 13 heteroatoms. The molecule has 7 rings (SSSR count). The van der Waals surface area contributed by atoms with Crippen molar-refractivity contribution in [2.24, 2.45) is 0 Å². The van der Waals surface area contributed by atoms with E-state index >= 15 is 4.39 Å². The number of benzene rings is 3. The predicted octanol–water partition coefficient (Wildman–Crippen LogP) is 5.29. The van der Waals surface area contributed by atoms with Gasteiger partial charge in [0.2, 0.25) is 10.2 Å². The van der Waals surface area contributed by atoms with Crippen molar-refractivity contribution in [2.75, 3.05) is 38.2 Å². The zero-order valence-corrected chi connectivity index (χ0v) is 25.7. The van der Waals surface area contributed by atoms with Crippen LogP contribution in [0.25, 0.3) is 28.0 Å². The van der Waals surface area contributed by atoms with Gasteiger partial charge in [-0.15, -0.1) is 5.10 Å². The van der Waals surface area contributed by atoms with Gasteiger partial charge in [0.05, 0.1) is 36.6 Å².